The Kier molecular flexibility index (Phi) is 9.27. The van der Waals surface area contributed by atoms with E-state index in [1.807, 2.05) is 72.9 Å². The average Bonchev–Trinajstić information content (AvgIpc) is 3.91. The standard InChI is InChI=1S/C57H42N4O2/c1-57(2,3)41-30-31-58-50(33-41)47-35-43(34-45-46-36-49(38-20-9-5-10-21-38)59-53(55(46)63-54(45)47)39-22-11-6-12-23-39)62-42-25-17-24-40(32-42)56-60-48-27-14-16-29-52(48)61(56)51-28-15-13-26-44(51)37-18-7-4-8-19-37/h4-36H,1-3H3. The van der Waals surface area contributed by atoms with Crippen LogP contribution in [0, 0.1) is 0 Å². The molecule has 0 N–H and O–H groups in total. The summed E-state index contributed by atoms with van der Waals surface area (Å²) < 4.78 is 16.2. The highest BCUT2D eigenvalue weighted by atomic mass is 16.5. The van der Waals surface area contributed by atoms with E-state index >= 15 is 0 Å². The summed E-state index contributed by atoms with van der Waals surface area (Å²) in [5, 5.41) is 1.85. The number of aromatic nitrogens is 4. The fourth-order valence-electron chi connectivity index (χ4n) is 8.52. The maximum absolute atomic E-state index is 6.98. The Morgan fingerprint density at radius 2 is 1.16 bits per heavy atom. The molecule has 0 atom stereocenters. The minimum Gasteiger partial charge on any atom is -0.457 e. The number of furan rings is 1. The summed E-state index contributed by atoms with van der Waals surface area (Å²) in [7, 11) is 0. The Balaban J connectivity index is 1.10. The van der Waals surface area contributed by atoms with Gasteiger partial charge in [-0.1, -0.05) is 154 Å². The molecule has 6 heteroatoms. The van der Waals surface area contributed by atoms with Gasteiger partial charge in [0, 0.05) is 44.8 Å². The van der Waals surface area contributed by atoms with Gasteiger partial charge >= 0.3 is 0 Å². The molecular weight excluding hydrogens is 773 g/mol. The number of pyridine rings is 2. The van der Waals surface area contributed by atoms with E-state index in [0.717, 1.165) is 89.4 Å². The van der Waals surface area contributed by atoms with Crippen LogP contribution < -0.4 is 4.74 Å². The number of rotatable bonds is 8. The van der Waals surface area contributed by atoms with E-state index in [9.17, 15) is 0 Å². The molecule has 11 aromatic rings. The first-order valence-corrected chi connectivity index (χ1v) is 21.3. The lowest BCUT2D eigenvalue weighted by molar-refractivity contribution is 0.483. The van der Waals surface area contributed by atoms with Crippen LogP contribution in [0.25, 0.3) is 94.9 Å². The maximum Gasteiger partial charge on any atom is 0.161 e. The Morgan fingerprint density at radius 3 is 1.94 bits per heavy atom. The van der Waals surface area contributed by atoms with Crippen LogP contribution in [0.3, 0.4) is 0 Å². The Morgan fingerprint density at radius 1 is 0.492 bits per heavy atom. The molecule has 302 valence electrons. The van der Waals surface area contributed by atoms with Crippen LogP contribution in [0.2, 0.25) is 0 Å². The van der Waals surface area contributed by atoms with Gasteiger partial charge in [-0.05, 0) is 77.2 Å². The first kappa shape index (κ1) is 37.9. The molecule has 6 nitrogen and oxygen atoms in total. The predicted octanol–water partition coefficient (Wildman–Crippen LogP) is 15.1. The van der Waals surface area contributed by atoms with Gasteiger partial charge < -0.3 is 9.15 Å². The van der Waals surface area contributed by atoms with E-state index in [0.29, 0.717) is 17.1 Å². The third-order valence-electron chi connectivity index (χ3n) is 11.7. The van der Waals surface area contributed by atoms with Gasteiger partial charge in [0.2, 0.25) is 0 Å². The van der Waals surface area contributed by atoms with Crippen molar-refractivity contribution in [3.05, 3.63) is 206 Å². The van der Waals surface area contributed by atoms with Gasteiger partial charge in [-0.15, -0.1) is 0 Å². The molecule has 0 aliphatic rings. The number of nitrogens with zero attached hydrogens (tertiary/aromatic N) is 4. The Labute approximate surface area is 365 Å². The van der Waals surface area contributed by atoms with Gasteiger partial charge in [0.05, 0.1) is 28.1 Å². The zero-order valence-electron chi connectivity index (χ0n) is 35.2. The molecule has 0 saturated heterocycles. The number of hydrogen-bond donors (Lipinski definition) is 0. The molecule has 0 aliphatic heterocycles. The summed E-state index contributed by atoms with van der Waals surface area (Å²) in [6.07, 6.45) is 1.88. The van der Waals surface area contributed by atoms with E-state index in [2.05, 4.69) is 153 Å². The van der Waals surface area contributed by atoms with E-state index in [1.165, 1.54) is 5.56 Å². The number of benzene rings is 7. The van der Waals surface area contributed by atoms with Crippen LogP contribution in [0.1, 0.15) is 26.3 Å². The lowest BCUT2D eigenvalue weighted by Crippen LogP contribution is -2.11. The molecule has 0 radical (unpaired) electrons. The predicted molar refractivity (Wildman–Crippen MR) is 256 cm³/mol. The first-order chi connectivity index (χ1) is 30.9. The highest BCUT2D eigenvalue weighted by Gasteiger charge is 2.23. The van der Waals surface area contributed by atoms with Gasteiger partial charge in [-0.2, -0.15) is 0 Å². The van der Waals surface area contributed by atoms with Crippen LogP contribution >= 0.6 is 0 Å². The second-order valence-corrected chi connectivity index (χ2v) is 16.9. The zero-order valence-corrected chi connectivity index (χ0v) is 35.2. The van der Waals surface area contributed by atoms with Crippen molar-refractivity contribution < 1.29 is 9.15 Å². The summed E-state index contributed by atoms with van der Waals surface area (Å²) in [4.78, 5) is 15.4. The monoisotopic (exact) mass is 814 g/mol. The molecular formula is C57H42N4O2. The molecule has 4 heterocycles. The minimum absolute atomic E-state index is 0.0909. The molecule has 0 spiro atoms. The van der Waals surface area contributed by atoms with Crippen molar-refractivity contribution in [1.29, 1.82) is 0 Å². The molecule has 0 fully saturated rings. The van der Waals surface area contributed by atoms with Crippen LogP contribution in [0.4, 0.5) is 0 Å². The quantitative estimate of drug-likeness (QED) is 0.153. The van der Waals surface area contributed by atoms with Gasteiger partial charge in [0.25, 0.3) is 0 Å². The molecule has 0 amide bonds. The van der Waals surface area contributed by atoms with Crippen molar-refractivity contribution >= 4 is 33.0 Å². The summed E-state index contributed by atoms with van der Waals surface area (Å²) in [6.45, 7) is 6.65. The SMILES string of the molecule is CC(C)(C)c1ccnc(-c2cc(Oc3cccc(-c4nc5ccccc5n4-c4ccccc4-c4ccccc4)c3)cc3c2oc2c(-c4ccccc4)nc(-c4ccccc4)cc23)c1. The fourth-order valence-corrected chi connectivity index (χ4v) is 8.52. The Hall–Kier alpha value is -8.09. The fraction of sp³-hybridized carbons (Fsp3) is 0.0702. The molecule has 0 saturated carbocycles. The molecule has 0 aliphatic carbocycles. The molecule has 0 unspecified atom stereocenters. The van der Waals surface area contributed by atoms with E-state index in [-0.39, 0.29) is 5.41 Å². The smallest absolute Gasteiger partial charge is 0.161 e. The van der Waals surface area contributed by atoms with Crippen molar-refractivity contribution in [3.8, 4) is 73.5 Å². The van der Waals surface area contributed by atoms with Crippen molar-refractivity contribution in [1.82, 2.24) is 19.5 Å². The number of para-hydroxylation sites is 3. The topological polar surface area (TPSA) is 66.0 Å². The summed E-state index contributed by atoms with van der Waals surface area (Å²) in [5.74, 6) is 2.15. The zero-order chi connectivity index (χ0) is 42.5. The number of hydrogen-bond acceptors (Lipinski definition) is 5. The lowest BCUT2D eigenvalue weighted by atomic mass is 9.87. The average molecular weight is 815 g/mol. The number of imidazole rings is 1. The van der Waals surface area contributed by atoms with Crippen molar-refractivity contribution in [2.24, 2.45) is 0 Å². The summed E-state index contributed by atoms with van der Waals surface area (Å²) in [5.41, 5.74) is 13.9. The van der Waals surface area contributed by atoms with Gasteiger partial charge in [-0.3, -0.25) is 9.55 Å². The third-order valence-corrected chi connectivity index (χ3v) is 11.7. The maximum atomic E-state index is 6.98. The second kappa shape index (κ2) is 15.4. The number of ether oxygens (including phenoxy) is 1. The lowest BCUT2D eigenvalue weighted by Gasteiger charge is -2.19. The van der Waals surface area contributed by atoms with E-state index in [1.54, 1.807) is 0 Å². The number of fused-ring (bicyclic) bond motifs is 4. The third kappa shape index (κ3) is 7.01. The highest BCUT2D eigenvalue weighted by Crippen LogP contribution is 2.44. The van der Waals surface area contributed by atoms with Gasteiger partial charge in [-0.25, -0.2) is 9.97 Å². The van der Waals surface area contributed by atoms with Crippen LogP contribution in [0.15, 0.2) is 205 Å². The van der Waals surface area contributed by atoms with Crippen LogP contribution in [-0.4, -0.2) is 19.5 Å². The van der Waals surface area contributed by atoms with Crippen LogP contribution in [-0.2, 0) is 5.41 Å². The van der Waals surface area contributed by atoms with Crippen molar-refractivity contribution in [3.63, 3.8) is 0 Å². The van der Waals surface area contributed by atoms with Gasteiger partial charge in [0.1, 0.15) is 28.6 Å². The van der Waals surface area contributed by atoms with Crippen molar-refractivity contribution in [2.45, 2.75) is 26.2 Å². The molecule has 63 heavy (non-hydrogen) atoms. The second-order valence-electron chi connectivity index (χ2n) is 16.9. The summed E-state index contributed by atoms with van der Waals surface area (Å²) >= 11 is 0. The largest absolute Gasteiger partial charge is 0.457 e. The minimum atomic E-state index is -0.0909. The Bertz CT molecular complexity index is 3460. The van der Waals surface area contributed by atoms with Gasteiger partial charge in [0.15, 0.2) is 5.58 Å². The van der Waals surface area contributed by atoms with Crippen molar-refractivity contribution in [2.75, 3.05) is 0 Å². The first-order valence-electron chi connectivity index (χ1n) is 21.3. The molecule has 0 bridgehead atoms. The highest BCUT2D eigenvalue weighted by molar-refractivity contribution is 6.13. The van der Waals surface area contributed by atoms with Crippen LogP contribution in [0.5, 0.6) is 11.5 Å². The molecule has 7 aromatic carbocycles. The normalized spacial score (nSPS) is 11.7. The molecule has 11 rings (SSSR count). The van der Waals surface area contributed by atoms with E-state index < -0.39 is 0 Å². The molecule has 4 aromatic heterocycles. The van der Waals surface area contributed by atoms with E-state index in [4.69, 9.17) is 24.1 Å². The summed E-state index contributed by atoms with van der Waals surface area (Å²) in [6, 6.07) is 66.5.